The molecule has 9 nitrogen and oxygen atoms in total. The third kappa shape index (κ3) is 8.18. The van der Waals surface area contributed by atoms with Gasteiger partial charge in [-0.15, -0.1) is 11.3 Å². The van der Waals surface area contributed by atoms with Crippen LogP contribution >= 0.6 is 11.3 Å². The summed E-state index contributed by atoms with van der Waals surface area (Å²) in [4.78, 5) is 27.8. The number of anilines is 1. The molecule has 11 heteroatoms. The SMILES string of the molecule is CC(C)(C)OC(=O)N[C@@H](Cc1ccc(NS(=O)[O-])cc1)c1nc(CC(N)=O)cs1. The predicted molar refractivity (Wildman–Crippen MR) is 110 cm³/mol. The molecular weight excluding hydrogens is 416 g/mol. The second kappa shape index (κ2) is 9.81. The molecule has 0 aliphatic rings. The lowest BCUT2D eigenvalue weighted by Crippen LogP contribution is -2.35. The fourth-order valence-corrected chi connectivity index (χ4v) is 3.63. The molecule has 0 radical (unpaired) electrons. The minimum atomic E-state index is -2.40. The molecule has 158 valence electrons. The van der Waals surface area contributed by atoms with E-state index in [4.69, 9.17) is 10.5 Å². The monoisotopic (exact) mass is 439 g/mol. The van der Waals surface area contributed by atoms with Gasteiger partial charge in [0.25, 0.3) is 0 Å². The van der Waals surface area contributed by atoms with Crippen molar-refractivity contribution in [1.29, 1.82) is 0 Å². The number of carbonyl (C=O) groups excluding carboxylic acids is 2. The quantitative estimate of drug-likeness (QED) is 0.537. The number of hydrogen-bond donors (Lipinski definition) is 3. The topological polar surface area (TPSA) is 146 Å². The highest BCUT2D eigenvalue weighted by Gasteiger charge is 2.23. The molecule has 1 heterocycles. The van der Waals surface area contributed by atoms with Gasteiger partial charge in [-0.3, -0.25) is 9.00 Å². The van der Waals surface area contributed by atoms with Gasteiger partial charge in [-0.2, -0.15) is 0 Å². The molecule has 1 aromatic carbocycles. The molecule has 1 aromatic heterocycles. The molecule has 2 atom stereocenters. The van der Waals surface area contributed by atoms with Gasteiger partial charge in [-0.25, -0.2) is 9.78 Å². The summed E-state index contributed by atoms with van der Waals surface area (Å²) in [6, 6.07) is 6.24. The second-order valence-electron chi connectivity index (χ2n) is 7.26. The Morgan fingerprint density at radius 1 is 1.31 bits per heavy atom. The Morgan fingerprint density at radius 3 is 2.52 bits per heavy atom. The van der Waals surface area contributed by atoms with E-state index in [0.717, 1.165) is 5.56 Å². The fraction of sp³-hybridized carbons (Fsp3) is 0.389. The third-order valence-electron chi connectivity index (χ3n) is 3.51. The maximum absolute atomic E-state index is 12.3. The predicted octanol–water partition coefficient (Wildman–Crippen LogP) is 2.19. The number of rotatable bonds is 8. The highest BCUT2D eigenvalue weighted by atomic mass is 32.2. The Hall–Kier alpha value is -2.50. The van der Waals surface area contributed by atoms with Gasteiger partial charge in [0.15, 0.2) is 0 Å². The third-order valence-corrected chi connectivity index (χ3v) is 4.92. The van der Waals surface area contributed by atoms with Crippen molar-refractivity contribution in [1.82, 2.24) is 10.3 Å². The number of nitrogens with one attached hydrogen (secondary N) is 2. The zero-order valence-corrected chi connectivity index (χ0v) is 17.9. The Morgan fingerprint density at radius 2 is 1.97 bits per heavy atom. The summed E-state index contributed by atoms with van der Waals surface area (Å²) in [5, 5.41) is 5.14. The molecule has 29 heavy (non-hydrogen) atoms. The highest BCUT2D eigenvalue weighted by Crippen LogP contribution is 2.24. The summed E-state index contributed by atoms with van der Waals surface area (Å²) >= 11 is -1.10. The molecule has 0 aliphatic carbocycles. The van der Waals surface area contributed by atoms with Gasteiger partial charge in [0.05, 0.1) is 18.2 Å². The van der Waals surface area contributed by atoms with Gasteiger partial charge in [-0.1, -0.05) is 12.1 Å². The number of alkyl carbamates (subject to hydrolysis) is 1. The highest BCUT2D eigenvalue weighted by molar-refractivity contribution is 7.80. The zero-order chi connectivity index (χ0) is 21.6. The van der Waals surface area contributed by atoms with E-state index in [0.29, 0.717) is 22.8 Å². The molecule has 4 N–H and O–H groups in total. The summed E-state index contributed by atoms with van der Waals surface area (Å²) in [5.74, 6) is -0.489. The summed E-state index contributed by atoms with van der Waals surface area (Å²) < 4.78 is 29.0. The first-order valence-electron chi connectivity index (χ1n) is 8.69. The number of nitrogens with two attached hydrogens (primary N) is 1. The van der Waals surface area contributed by atoms with Gasteiger partial charge in [0, 0.05) is 22.3 Å². The number of carbonyl (C=O) groups is 2. The zero-order valence-electron chi connectivity index (χ0n) is 16.3. The van der Waals surface area contributed by atoms with Gasteiger partial charge in [0.1, 0.15) is 10.6 Å². The molecule has 0 spiro atoms. The van der Waals surface area contributed by atoms with Crippen molar-refractivity contribution in [2.45, 2.75) is 45.3 Å². The lowest BCUT2D eigenvalue weighted by Gasteiger charge is -2.23. The van der Waals surface area contributed by atoms with Crippen LogP contribution in [0.3, 0.4) is 0 Å². The van der Waals surface area contributed by atoms with Gasteiger partial charge < -0.3 is 25.1 Å². The largest absolute Gasteiger partial charge is 0.755 e. The van der Waals surface area contributed by atoms with E-state index in [-0.39, 0.29) is 6.42 Å². The van der Waals surface area contributed by atoms with Crippen molar-refractivity contribution in [2.75, 3.05) is 4.72 Å². The molecule has 0 saturated heterocycles. The van der Waals surface area contributed by atoms with E-state index < -0.39 is 34.9 Å². The van der Waals surface area contributed by atoms with Crippen LogP contribution in [-0.4, -0.2) is 31.3 Å². The Bertz CT molecular complexity index is 877. The van der Waals surface area contributed by atoms with Crippen LogP contribution in [-0.2, 0) is 33.6 Å². The van der Waals surface area contributed by atoms with Gasteiger partial charge in [-0.05, 0) is 44.9 Å². The van der Waals surface area contributed by atoms with Crippen molar-refractivity contribution >= 4 is 40.3 Å². The first-order chi connectivity index (χ1) is 13.5. The summed E-state index contributed by atoms with van der Waals surface area (Å²) in [6.45, 7) is 5.30. The second-order valence-corrected chi connectivity index (χ2v) is 8.82. The number of amides is 2. The smallest absolute Gasteiger partial charge is 0.408 e. The van der Waals surface area contributed by atoms with Crippen LogP contribution < -0.4 is 15.8 Å². The lowest BCUT2D eigenvalue weighted by atomic mass is 10.1. The first-order valence-corrected chi connectivity index (χ1v) is 10.6. The van der Waals surface area contributed by atoms with E-state index in [1.165, 1.54) is 11.3 Å². The van der Waals surface area contributed by atoms with Crippen molar-refractivity contribution < 1.29 is 23.1 Å². The molecule has 2 amide bonds. The van der Waals surface area contributed by atoms with Crippen LogP contribution in [0.15, 0.2) is 29.6 Å². The van der Waals surface area contributed by atoms with Crippen molar-refractivity contribution in [3.63, 3.8) is 0 Å². The van der Waals surface area contributed by atoms with E-state index in [2.05, 4.69) is 15.0 Å². The summed E-state index contributed by atoms with van der Waals surface area (Å²) in [7, 11) is 0. The van der Waals surface area contributed by atoms with Gasteiger partial charge in [0.2, 0.25) is 5.91 Å². The number of hydrogen-bond acceptors (Lipinski definition) is 7. The molecule has 0 saturated carbocycles. The average Bonchev–Trinajstić information content (AvgIpc) is 3.01. The van der Waals surface area contributed by atoms with E-state index in [1.807, 2.05) is 0 Å². The summed E-state index contributed by atoms with van der Waals surface area (Å²) in [5.41, 5.74) is 6.37. The number of benzene rings is 1. The Labute approximate surface area is 175 Å². The first kappa shape index (κ1) is 22.8. The number of aromatic nitrogens is 1. The van der Waals surface area contributed by atoms with Crippen LogP contribution in [0.4, 0.5) is 10.5 Å². The molecule has 0 bridgehead atoms. The van der Waals surface area contributed by atoms with Crippen LogP contribution in [0.25, 0.3) is 0 Å². The van der Waals surface area contributed by atoms with E-state index in [9.17, 15) is 18.4 Å². The molecule has 1 unspecified atom stereocenters. The normalized spacial score (nSPS) is 13.4. The van der Waals surface area contributed by atoms with Crippen LogP contribution in [0.1, 0.15) is 43.1 Å². The standard InChI is InChI=1S/C18H24N4O5S2/c1-18(2,3)27-17(24)21-14(16-20-13(10-28-16)9-15(19)23)8-11-4-6-12(7-5-11)22-29(25)26/h4-7,10,14,22H,8-9H2,1-3H3,(H2,19,23)(H,21,24)(H,25,26)/p-1/t14-/m0/s1. The lowest BCUT2D eigenvalue weighted by molar-refractivity contribution is -0.117. The number of primary amides is 1. The summed E-state index contributed by atoms with van der Waals surface area (Å²) in [6.07, 6.45) is -0.180. The van der Waals surface area contributed by atoms with Crippen molar-refractivity contribution in [3.05, 3.63) is 45.9 Å². The number of ether oxygens (including phenoxy) is 1. The fourth-order valence-electron chi connectivity index (χ4n) is 2.43. The molecule has 2 rings (SSSR count). The molecule has 2 aromatic rings. The maximum Gasteiger partial charge on any atom is 0.408 e. The minimum Gasteiger partial charge on any atom is -0.755 e. The van der Waals surface area contributed by atoms with Crippen LogP contribution in [0.2, 0.25) is 0 Å². The van der Waals surface area contributed by atoms with Crippen LogP contribution in [0, 0.1) is 0 Å². The van der Waals surface area contributed by atoms with Crippen molar-refractivity contribution in [2.24, 2.45) is 5.73 Å². The Balaban J connectivity index is 2.19. The average molecular weight is 440 g/mol. The molecule has 0 aliphatic heterocycles. The number of nitrogens with zero attached hydrogens (tertiary/aromatic N) is 1. The minimum absolute atomic E-state index is 0.0162. The van der Waals surface area contributed by atoms with Crippen molar-refractivity contribution in [3.8, 4) is 0 Å². The van der Waals surface area contributed by atoms with Gasteiger partial charge >= 0.3 is 6.09 Å². The van der Waals surface area contributed by atoms with Crippen LogP contribution in [0.5, 0.6) is 0 Å². The number of thiazole rings is 1. The molecular formula is C18H23N4O5S2-. The maximum atomic E-state index is 12.3. The molecule has 0 fully saturated rings. The Kier molecular flexibility index (Phi) is 7.71. The van der Waals surface area contributed by atoms with E-state index >= 15 is 0 Å². The van der Waals surface area contributed by atoms with E-state index in [1.54, 1.807) is 50.4 Å².